The van der Waals surface area contributed by atoms with Crippen molar-refractivity contribution in [3.63, 3.8) is 0 Å². The van der Waals surface area contributed by atoms with Crippen LogP contribution in [-0.2, 0) is 4.74 Å². The van der Waals surface area contributed by atoms with E-state index in [1.807, 2.05) is 6.08 Å². The van der Waals surface area contributed by atoms with Crippen LogP contribution in [0.5, 0.6) is 0 Å². The van der Waals surface area contributed by atoms with E-state index in [1.165, 1.54) is 4.90 Å². The molecule has 1 aliphatic rings. The summed E-state index contributed by atoms with van der Waals surface area (Å²) in [6.45, 7) is 8.74. The van der Waals surface area contributed by atoms with Crippen LogP contribution in [-0.4, -0.2) is 67.4 Å². The molecule has 0 aliphatic carbocycles. The third kappa shape index (κ3) is 8.07. The second kappa shape index (κ2) is 10.6. The van der Waals surface area contributed by atoms with Crippen LogP contribution in [0.2, 0.25) is 0 Å². The first-order valence-electron chi connectivity index (χ1n) is 7.98. The van der Waals surface area contributed by atoms with Gasteiger partial charge in [0.1, 0.15) is 0 Å². The van der Waals surface area contributed by atoms with E-state index in [1.54, 1.807) is 0 Å². The molecule has 1 N–H and O–H groups in total. The molecule has 1 saturated heterocycles. The summed E-state index contributed by atoms with van der Waals surface area (Å²) < 4.78 is 5.68. The monoisotopic (exact) mass is 298 g/mol. The quantitative estimate of drug-likeness (QED) is 0.498. The minimum atomic E-state index is -0.786. The lowest BCUT2D eigenvalue weighted by Crippen LogP contribution is -2.37. The highest BCUT2D eigenvalue weighted by molar-refractivity contribution is 5.64. The molecule has 0 aromatic heterocycles. The molecule has 1 heterocycles. The van der Waals surface area contributed by atoms with Gasteiger partial charge in [0.25, 0.3) is 0 Å². The van der Waals surface area contributed by atoms with Gasteiger partial charge < -0.3 is 19.6 Å². The van der Waals surface area contributed by atoms with Gasteiger partial charge in [-0.3, -0.25) is 0 Å². The molecular weight excluding hydrogens is 268 g/mol. The van der Waals surface area contributed by atoms with Gasteiger partial charge in [-0.1, -0.05) is 6.08 Å². The molecule has 122 valence electrons. The van der Waals surface area contributed by atoms with Crippen molar-refractivity contribution >= 4 is 6.09 Å². The first-order valence-corrected chi connectivity index (χ1v) is 7.98. The van der Waals surface area contributed by atoms with Crippen molar-refractivity contribution in [1.82, 2.24) is 9.80 Å². The Morgan fingerprint density at radius 1 is 1.38 bits per heavy atom. The van der Waals surface area contributed by atoms with Crippen LogP contribution in [0, 0.1) is 5.92 Å². The van der Waals surface area contributed by atoms with Crippen LogP contribution in [0.25, 0.3) is 0 Å². The lowest BCUT2D eigenvalue weighted by molar-refractivity contribution is 0.0930. The zero-order valence-electron chi connectivity index (χ0n) is 13.3. The molecule has 0 aromatic carbocycles. The molecule has 0 bridgehead atoms. The molecular formula is C16H30N2O3. The Hall–Kier alpha value is -1.07. The van der Waals surface area contributed by atoms with Gasteiger partial charge in [-0.25, -0.2) is 4.79 Å². The summed E-state index contributed by atoms with van der Waals surface area (Å²) in [6.07, 6.45) is 6.39. The highest BCUT2D eigenvalue weighted by atomic mass is 16.5. The minimum absolute atomic E-state index is 0.624. The van der Waals surface area contributed by atoms with Gasteiger partial charge >= 0.3 is 6.09 Å². The normalized spacial score (nSPS) is 16.4. The van der Waals surface area contributed by atoms with Crippen molar-refractivity contribution in [2.24, 2.45) is 5.92 Å². The molecule has 0 radical (unpaired) electrons. The van der Waals surface area contributed by atoms with E-state index in [9.17, 15) is 4.79 Å². The Balaban J connectivity index is 1.91. The number of hydrogen-bond acceptors (Lipinski definition) is 3. The highest BCUT2D eigenvalue weighted by Gasteiger charge is 2.21. The summed E-state index contributed by atoms with van der Waals surface area (Å²) >= 11 is 0. The fraction of sp³-hybridized carbons (Fsp3) is 0.812. The lowest BCUT2D eigenvalue weighted by atomic mass is 9.94. The molecule has 21 heavy (non-hydrogen) atoms. The van der Waals surface area contributed by atoms with Crippen molar-refractivity contribution in [2.75, 3.05) is 46.4 Å². The van der Waals surface area contributed by atoms with E-state index < -0.39 is 6.09 Å². The van der Waals surface area contributed by atoms with Gasteiger partial charge in [0, 0.05) is 32.8 Å². The fourth-order valence-electron chi connectivity index (χ4n) is 2.66. The minimum Gasteiger partial charge on any atom is -0.465 e. The Labute approximate surface area is 128 Å². The molecule has 1 amide bonds. The molecule has 1 aliphatic heterocycles. The third-order valence-electron chi connectivity index (χ3n) is 4.07. The number of ether oxygens (including phenoxy) is 1. The molecule has 0 aromatic rings. The molecule has 0 atom stereocenters. The number of carbonyl (C=O) groups is 1. The predicted octanol–water partition coefficient (Wildman–Crippen LogP) is 2.68. The number of nitrogens with zero attached hydrogens (tertiary/aromatic N) is 2. The maximum absolute atomic E-state index is 10.8. The summed E-state index contributed by atoms with van der Waals surface area (Å²) in [7, 11) is 2.10. The largest absolute Gasteiger partial charge is 0.465 e. The number of rotatable bonds is 10. The van der Waals surface area contributed by atoms with E-state index in [2.05, 4.69) is 18.5 Å². The third-order valence-corrected chi connectivity index (χ3v) is 4.07. The van der Waals surface area contributed by atoms with Crippen molar-refractivity contribution < 1.29 is 14.6 Å². The first-order chi connectivity index (χ1) is 10.1. The molecule has 1 fully saturated rings. The van der Waals surface area contributed by atoms with Crippen LogP contribution >= 0.6 is 0 Å². The number of unbranched alkanes of at least 4 members (excludes halogenated alkanes) is 1. The SMILES string of the molecule is C=CCN(C)CCCCOCCC1CCN(C(=O)O)CC1. The van der Waals surface area contributed by atoms with Crippen LogP contribution < -0.4 is 0 Å². The van der Waals surface area contributed by atoms with E-state index in [0.717, 1.165) is 58.4 Å². The summed E-state index contributed by atoms with van der Waals surface area (Å²) in [6, 6.07) is 0. The standard InChI is InChI=1S/C16H30N2O3/c1-3-9-17(2)10-4-5-13-21-14-8-15-6-11-18(12-7-15)16(19)20/h3,15H,1,4-14H2,2H3,(H,19,20). The smallest absolute Gasteiger partial charge is 0.407 e. The van der Waals surface area contributed by atoms with Crippen LogP contribution in [0.3, 0.4) is 0 Å². The van der Waals surface area contributed by atoms with Crippen molar-refractivity contribution in [3.8, 4) is 0 Å². The summed E-state index contributed by atoms with van der Waals surface area (Å²) in [5.74, 6) is 0.624. The van der Waals surface area contributed by atoms with Crippen LogP contribution in [0.1, 0.15) is 32.1 Å². The van der Waals surface area contributed by atoms with Crippen molar-refractivity contribution in [3.05, 3.63) is 12.7 Å². The fourth-order valence-corrected chi connectivity index (χ4v) is 2.66. The second-order valence-electron chi connectivity index (χ2n) is 5.87. The molecule has 5 nitrogen and oxygen atoms in total. The first kappa shape index (κ1) is 18.0. The molecule has 1 rings (SSSR count). The molecule has 5 heteroatoms. The maximum Gasteiger partial charge on any atom is 0.407 e. The molecule has 0 saturated carbocycles. The van der Waals surface area contributed by atoms with Crippen molar-refractivity contribution in [2.45, 2.75) is 32.1 Å². The predicted molar refractivity (Wildman–Crippen MR) is 84.7 cm³/mol. The average molecular weight is 298 g/mol. The van der Waals surface area contributed by atoms with Crippen LogP contribution in [0.4, 0.5) is 4.79 Å². The molecule has 0 unspecified atom stereocenters. The highest BCUT2D eigenvalue weighted by Crippen LogP contribution is 2.20. The van der Waals surface area contributed by atoms with Gasteiger partial charge in [0.15, 0.2) is 0 Å². The number of amides is 1. The van der Waals surface area contributed by atoms with Gasteiger partial charge in [0.05, 0.1) is 0 Å². The average Bonchev–Trinajstić information content (AvgIpc) is 2.47. The lowest BCUT2D eigenvalue weighted by Gasteiger charge is -2.29. The second-order valence-corrected chi connectivity index (χ2v) is 5.87. The summed E-state index contributed by atoms with van der Waals surface area (Å²) in [4.78, 5) is 14.6. The van der Waals surface area contributed by atoms with Gasteiger partial charge in [-0.15, -0.1) is 6.58 Å². The maximum atomic E-state index is 10.8. The Bertz CT molecular complexity index is 302. The van der Waals surface area contributed by atoms with Crippen LogP contribution in [0.15, 0.2) is 12.7 Å². The van der Waals surface area contributed by atoms with Gasteiger partial charge in [-0.2, -0.15) is 0 Å². The number of hydrogen-bond donors (Lipinski definition) is 1. The Kier molecular flexibility index (Phi) is 9.10. The Morgan fingerprint density at radius 2 is 2.10 bits per heavy atom. The zero-order valence-corrected chi connectivity index (χ0v) is 13.3. The number of carboxylic acid groups (broad SMARTS) is 1. The Morgan fingerprint density at radius 3 is 2.71 bits per heavy atom. The van der Waals surface area contributed by atoms with E-state index >= 15 is 0 Å². The number of likely N-dealkylation sites (tertiary alicyclic amines) is 1. The van der Waals surface area contributed by atoms with E-state index in [4.69, 9.17) is 9.84 Å². The van der Waals surface area contributed by atoms with Gasteiger partial charge in [-0.05, 0) is 51.6 Å². The zero-order chi connectivity index (χ0) is 15.5. The summed E-state index contributed by atoms with van der Waals surface area (Å²) in [5.41, 5.74) is 0. The number of piperidine rings is 1. The van der Waals surface area contributed by atoms with E-state index in [0.29, 0.717) is 19.0 Å². The van der Waals surface area contributed by atoms with Crippen molar-refractivity contribution in [1.29, 1.82) is 0 Å². The van der Waals surface area contributed by atoms with Gasteiger partial charge in [0.2, 0.25) is 0 Å². The van der Waals surface area contributed by atoms with E-state index in [-0.39, 0.29) is 0 Å². The number of likely N-dealkylation sites (N-methyl/N-ethyl adjacent to an activating group) is 1. The topological polar surface area (TPSA) is 53.0 Å². The molecule has 0 spiro atoms. The summed E-state index contributed by atoms with van der Waals surface area (Å²) in [5, 5.41) is 8.89.